The summed E-state index contributed by atoms with van der Waals surface area (Å²) in [5, 5.41) is 10.7. The molecule has 2 unspecified atom stereocenters. The first-order valence-electron chi connectivity index (χ1n) is 11.8. The summed E-state index contributed by atoms with van der Waals surface area (Å²) < 4.78 is 10.3. The minimum absolute atomic E-state index is 0.351. The minimum atomic E-state index is -2.50. The molecule has 4 heteroatoms. The molecule has 0 aromatic heterocycles. The van der Waals surface area contributed by atoms with Crippen molar-refractivity contribution in [2.75, 3.05) is 6.61 Å². The van der Waals surface area contributed by atoms with Crippen LogP contribution in [0, 0.1) is 5.92 Å². The Labute approximate surface area is 173 Å². The monoisotopic (exact) mass is 492 g/mol. The summed E-state index contributed by atoms with van der Waals surface area (Å²) in [7, 11) is 0. The van der Waals surface area contributed by atoms with E-state index in [1.165, 1.54) is 64.7 Å². The first-order valence-corrected chi connectivity index (χ1v) is 19.9. The molecule has 0 spiro atoms. The van der Waals surface area contributed by atoms with Gasteiger partial charge in [0.15, 0.2) is 0 Å². The molecule has 0 rings (SSSR count). The van der Waals surface area contributed by atoms with Gasteiger partial charge in [0.25, 0.3) is 0 Å². The summed E-state index contributed by atoms with van der Waals surface area (Å²) in [6, 6.07) is 0. The third-order valence-corrected chi connectivity index (χ3v) is 21.8. The molecule has 0 saturated carbocycles. The molecular weight excluding hydrogens is 443 g/mol. The molecule has 0 radical (unpaired) electrons. The number of hydrogen-bond acceptors (Lipinski definition) is 3. The quantitative estimate of drug-likeness (QED) is 0.167. The Balaban J connectivity index is 4.85. The van der Waals surface area contributed by atoms with Gasteiger partial charge >= 0.3 is 174 Å². The van der Waals surface area contributed by atoms with Crippen LogP contribution in [-0.2, 0) is 9.53 Å². The van der Waals surface area contributed by atoms with Gasteiger partial charge in [-0.05, 0) is 0 Å². The summed E-state index contributed by atoms with van der Waals surface area (Å²) >= 11 is -2.50. The van der Waals surface area contributed by atoms with Gasteiger partial charge in [-0.3, -0.25) is 0 Å². The van der Waals surface area contributed by atoms with Crippen molar-refractivity contribution in [2.24, 2.45) is 5.92 Å². The van der Waals surface area contributed by atoms with Crippen molar-refractivity contribution < 1.29 is 14.6 Å². The number of hydrogen-bond donors (Lipinski definition) is 1. The molecule has 0 heterocycles. The van der Waals surface area contributed by atoms with E-state index >= 15 is 0 Å². The SMILES string of the molecule is CCCCC(CC)COC(=O)C(O)[CH2][Sn]([CH2]CCC)([CH2]CCC)[CH2]CCC. The van der Waals surface area contributed by atoms with Gasteiger partial charge in [-0.25, -0.2) is 0 Å². The van der Waals surface area contributed by atoms with Crippen LogP contribution < -0.4 is 0 Å². The van der Waals surface area contributed by atoms with Gasteiger partial charge in [-0.1, -0.05) is 0 Å². The Kier molecular flexibility index (Phi) is 17.3. The number of carbonyl (C=O) groups is 1. The predicted molar refractivity (Wildman–Crippen MR) is 120 cm³/mol. The van der Waals surface area contributed by atoms with E-state index in [2.05, 4.69) is 34.6 Å². The molecule has 162 valence electrons. The molecule has 0 aliphatic carbocycles. The van der Waals surface area contributed by atoms with Crippen molar-refractivity contribution in [3.63, 3.8) is 0 Å². The average Bonchev–Trinajstić information content (AvgIpc) is 2.68. The number of esters is 1. The summed E-state index contributed by atoms with van der Waals surface area (Å²) in [4.78, 5) is 12.5. The van der Waals surface area contributed by atoms with Crippen molar-refractivity contribution in [2.45, 2.75) is 123 Å². The zero-order valence-electron chi connectivity index (χ0n) is 19.0. The van der Waals surface area contributed by atoms with E-state index in [-0.39, 0.29) is 5.97 Å². The van der Waals surface area contributed by atoms with Crippen molar-refractivity contribution in [3.8, 4) is 0 Å². The number of aliphatic hydroxyl groups is 1. The Bertz CT molecular complexity index is 338. The van der Waals surface area contributed by atoms with E-state index in [0.29, 0.717) is 12.5 Å². The molecule has 0 aromatic rings. The molecule has 0 saturated heterocycles. The Morgan fingerprint density at radius 3 is 1.74 bits per heavy atom. The van der Waals surface area contributed by atoms with E-state index in [1.807, 2.05) is 0 Å². The molecule has 27 heavy (non-hydrogen) atoms. The van der Waals surface area contributed by atoms with Crippen LogP contribution in [0.2, 0.25) is 17.7 Å². The van der Waals surface area contributed by atoms with E-state index in [9.17, 15) is 9.90 Å². The Morgan fingerprint density at radius 1 is 0.852 bits per heavy atom. The molecule has 2 atom stereocenters. The van der Waals surface area contributed by atoms with Crippen molar-refractivity contribution >= 4 is 24.3 Å². The van der Waals surface area contributed by atoms with Crippen LogP contribution in [-0.4, -0.2) is 42.2 Å². The van der Waals surface area contributed by atoms with Crippen molar-refractivity contribution in [1.29, 1.82) is 0 Å². The second-order valence-corrected chi connectivity index (χ2v) is 22.6. The number of aliphatic hydroxyl groups excluding tert-OH is 1. The fraction of sp³-hybridized carbons (Fsp3) is 0.957. The van der Waals surface area contributed by atoms with Gasteiger partial charge in [0, 0.05) is 0 Å². The summed E-state index contributed by atoms with van der Waals surface area (Å²) in [5.41, 5.74) is 0. The standard InChI is InChI=1S/C11H21O3.3C4H9.Sn/c1-4-6-7-10(5-2)8-14-11(13)9(3)12;3*1-3-4-2;/h9-10,12H,3-8H2,1-2H3;3*1,3-4H2,2H3;. The maximum atomic E-state index is 12.5. The van der Waals surface area contributed by atoms with Gasteiger partial charge in [0.2, 0.25) is 0 Å². The number of ether oxygens (including phenoxy) is 1. The molecule has 0 aromatic carbocycles. The molecule has 0 aliphatic heterocycles. The van der Waals surface area contributed by atoms with Crippen LogP contribution in [0.3, 0.4) is 0 Å². The second-order valence-electron chi connectivity index (χ2n) is 8.58. The van der Waals surface area contributed by atoms with Crippen LogP contribution >= 0.6 is 0 Å². The molecule has 0 fully saturated rings. The average molecular weight is 491 g/mol. The first-order chi connectivity index (χ1) is 13.0. The topological polar surface area (TPSA) is 46.5 Å². The number of unbranched alkanes of at least 4 members (excludes halogenated alkanes) is 4. The fourth-order valence-corrected chi connectivity index (χ4v) is 20.2. The molecule has 0 aliphatic rings. The van der Waals surface area contributed by atoms with Crippen LogP contribution in [0.4, 0.5) is 0 Å². The second kappa shape index (κ2) is 17.1. The summed E-state index contributed by atoms with van der Waals surface area (Å²) in [6.07, 6.45) is 11.1. The first kappa shape index (κ1) is 27.2. The van der Waals surface area contributed by atoms with Crippen molar-refractivity contribution in [1.82, 2.24) is 0 Å². The van der Waals surface area contributed by atoms with E-state index in [0.717, 1.165) is 17.3 Å². The predicted octanol–water partition coefficient (Wildman–Crippen LogP) is 6.96. The van der Waals surface area contributed by atoms with Crippen LogP contribution in [0.25, 0.3) is 0 Å². The Morgan fingerprint density at radius 2 is 1.33 bits per heavy atom. The van der Waals surface area contributed by atoms with Gasteiger partial charge in [0.1, 0.15) is 0 Å². The summed E-state index contributed by atoms with van der Waals surface area (Å²) in [6.45, 7) is 11.6. The van der Waals surface area contributed by atoms with Gasteiger partial charge < -0.3 is 0 Å². The zero-order valence-corrected chi connectivity index (χ0v) is 21.9. The zero-order chi connectivity index (χ0) is 20.5. The number of carbonyl (C=O) groups excluding carboxylic acids is 1. The molecule has 0 amide bonds. The molecule has 1 N–H and O–H groups in total. The van der Waals surface area contributed by atoms with Crippen LogP contribution in [0.5, 0.6) is 0 Å². The molecule has 0 bridgehead atoms. The fourth-order valence-electron chi connectivity index (χ4n) is 4.02. The molecular formula is C23H48O3Sn. The van der Waals surface area contributed by atoms with Gasteiger partial charge in [-0.2, -0.15) is 0 Å². The third kappa shape index (κ3) is 12.4. The normalized spacial score (nSPS) is 14.1. The Hall–Kier alpha value is 0.229. The van der Waals surface area contributed by atoms with E-state index in [4.69, 9.17) is 4.74 Å². The number of rotatable bonds is 18. The van der Waals surface area contributed by atoms with E-state index in [1.54, 1.807) is 0 Å². The van der Waals surface area contributed by atoms with Crippen molar-refractivity contribution in [3.05, 3.63) is 0 Å². The van der Waals surface area contributed by atoms with E-state index < -0.39 is 24.5 Å². The maximum absolute atomic E-state index is 12.5. The van der Waals surface area contributed by atoms with Crippen LogP contribution in [0.15, 0.2) is 0 Å². The van der Waals surface area contributed by atoms with Gasteiger partial charge in [0.05, 0.1) is 0 Å². The third-order valence-electron chi connectivity index (χ3n) is 6.08. The molecule has 3 nitrogen and oxygen atoms in total. The van der Waals surface area contributed by atoms with Gasteiger partial charge in [-0.15, -0.1) is 0 Å². The summed E-state index contributed by atoms with van der Waals surface area (Å²) in [5.74, 6) is 0.0881. The van der Waals surface area contributed by atoms with Crippen LogP contribution in [0.1, 0.15) is 98.8 Å².